The van der Waals surface area contributed by atoms with E-state index in [1.807, 2.05) is 0 Å². The highest BCUT2D eigenvalue weighted by Crippen LogP contribution is 2.22. The Morgan fingerprint density at radius 2 is 1.20 bits per heavy atom. The Morgan fingerprint density at radius 1 is 0.727 bits per heavy atom. The summed E-state index contributed by atoms with van der Waals surface area (Å²) in [6.45, 7) is -3.05. The van der Waals surface area contributed by atoms with Crippen LogP contribution in [0.4, 0.5) is 0 Å². The second-order valence-electron chi connectivity index (χ2n) is 8.68. The summed E-state index contributed by atoms with van der Waals surface area (Å²) >= 11 is 18.9. The first-order chi connectivity index (χ1) is 20.7. The molecular formula is C19H44N12O9S4. The Morgan fingerprint density at radius 3 is 1.66 bits per heavy atom. The van der Waals surface area contributed by atoms with Gasteiger partial charge in [0.1, 0.15) is 23.9 Å². The Hall–Kier alpha value is -1.76. The van der Waals surface area contributed by atoms with Crippen LogP contribution in [0.25, 0.3) is 0 Å². The lowest BCUT2D eigenvalue weighted by molar-refractivity contribution is -0.297. The van der Waals surface area contributed by atoms with Gasteiger partial charge >= 0.3 is 0 Å². The molecule has 0 aliphatic rings. The lowest BCUT2D eigenvalue weighted by atomic mass is 9.98. The molecule has 0 amide bonds. The highest BCUT2D eigenvalue weighted by molar-refractivity contribution is 7.80. The summed E-state index contributed by atoms with van der Waals surface area (Å²) in [6.07, 6.45) is -8.96. The van der Waals surface area contributed by atoms with Gasteiger partial charge in [0.25, 0.3) is 0 Å². The van der Waals surface area contributed by atoms with Crippen molar-refractivity contribution < 1.29 is 44.5 Å². The molecule has 0 radical (unpaired) electrons. The van der Waals surface area contributed by atoms with Crippen molar-refractivity contribution in [1.29, 1.82) is 0 Å². The van der Waals surface area contributed by atoms with Crippen LogP contribution in [0.3, 0.4) is 0 Å². The van der Waals surface area contributed by atoms with Crippen LogP contribution in [0.15, 0.2) is 0 Å². The van der Waals surface area contributed by atoms with Crippen molar-refractivity contribution in [2.45, 2.75) is 42.6 Å². The third-order valence-electron chi connectivity index (χ3n) is 5.19. The van der Waals surface area contributed by atoms with Crippen LogP contribution in [0, 0.1) is 0 Å². The molecule has 0 aliphatic carbocycles. The topological polar surface area (TPSA) is 338 Å². The molecule has 0 fully saturated rings. The summed E-state index contributed by atoms with van der Waals surface area (Å²) in [4.78, 5) is 0. The van der Waals surface area contributed by atoms with Gasteiger partial charge in [-0.3, -0.25) is 21.7 Å². The second-order valence-corrected chi connectivity index (χ2v) is 10.4. The molecule has 258 valence electrons. The van der Waals surface area contributed by atoms with E-state index in [1.165, 1.54) is 7.11 Å². The minimum Gasteiger partial charge on any atom is -0.394 e. The number of nitrogens with one attached hydrogen (secondary N) is 8. The molecule has 0 saturated heterocycles. The molecule has 0 heterocycles. The van der Waals surface area contributed by atoms with Crippen molar-refractivity contribution in [2.75, 3.05) is 53.1 Å². The molecule has 0 aromatic carbocycles. The predicted molar refractivity (Wildman–Crippen MR) is 173 cm³/mol. The van der Waals surface area contributed by atoms with Gasteiger partial charge in [-0.15, -0.1) is 0 Å². The van der Waals surface area contributed by atoms with E-state index in [9.17, 15) is 25.5 Å². The molecule has 0 aliphatic heterocycles. The van der Waals surface area contributed by atoms with Crippen LogP contribution in [0.2, 0.25) is 0 Å². The molecule has 0 bridgehead atoms. The molecule has 0 aromatic heterocycles. The zero-order chi connectivity index (χ0) is 33.7. The van der Waals surface area contributed by atoms with Gasteiger partial charge < -0.3 is 67.4 Å². The third-order valence-corrected chi connectivity index (χ3v) is 5.60. The molecule has 7 atom stereocenters. The molecule has 21 N–H and O–H groups in total. The van der Waals surface area contributed by atoms with E-state index in [0.29, 0.717) is 0 Å². The van der Waals surface area contributed by atoms with E-state index in [0.717, 1.165) is 0 Å². The SMILES string of the molecule is COCC(CO)(OC(CNNC(N)=S)OC(C(O)CNNC(N)=S)C(CO)OC(O)CNNC(N)=S)C(O)CNNC(N)=S. The number of aliphatic hydroxyl groups excluding tert-OH is 5. The summed E-state index contributed by atoms with van der Waals surface area (Å²) in [7, 11) is 1.30. The average molecular weight is 713 g/mol. The first kappa shape index (κ1) is 42.2. The number of aliphatic hydroxyl groups is 5. The fraction of sp³-hybridized carbons (Fsp3) is 0.789. The number of nitrogens with two attached hydrogens (primary N) is 4. The molecule has 0 saturated carbocycles. The van der Waals surface area contributed by atoms with Crippen molar-refractivity contribution in [1.82, 2.24) is 43.4 Å². The number of hydrogen-bond donors (Lipinski definition) is 17. The van der Waals surface area contributed by atoms with Crippen LogP contribution in [0.5, 0.6) is 0 Å². The van der Waals surface area contributed by atoms with E-state index in [4.69, 9.17) is 78.5 Å². The fourth-order valence-electron chi connectivity index (χ4n) is 3.32. The minimum absolute atomic E-state index is 0.107. The van der Waals surface area contributed by atoms with Crippen LogP contribution >= 0.6 is 48.9 Å². The van der Waals surface area contributed by atoms with Gasteiger partial charge in [0.05, 0.1) is 39.0 Å². The van der Waals surface area contributed by atoms with Gasteiger partial charge in [0.15, 0.2) is 33.0 Å². The van der Waals surface area contributed by atoms with Crippen molar-refractivity contribution in [3.05, 3.63) is 0 Å². The Kier molecular flexibility index (Phi) is 22.6. The minimum atomic E-state index is -1.86. The predicted octanol–water partition coefficient (Wildman–Crippen LogP) is -8.14. The lowest BCUT2D eigenvalue weighted by Crippen LogP contribution is -2.61. The normalized spacial score (nSPS) is 16.8. The first-order valence-electron chi connectivity index (χ1n) is 12.6. The fourth-order valence-corrected chi connectivity index (χ4v) is 3.61. The van der Waals surface area contributed by atoms with E-state index < -0.39 is 55.8 Å². The number of hydrazine groups is 4. The largest absolute Gasteiger partial charge is 0.394 e. The number of thiocarbonyl (C=S) groups is 4. The maximum absolute atomic E-state index is 11.0. The first-order valence-corrected chi connectivity index (χ1v) is 14.2. The molecule has 7 unspecified atom stereocenters. The Bertz CT molecular complexity index is 877. The quantitative estimate of drug-likeness (QED) is 0.0237. The Labute approximate surface area is 275 Å². The van der Waals surface area contributed by atoms with Gasteiger partial charge in [0.2, 0.25) is 0 Å². The van der Waals surface area contributed by atoms with Gasteiger partial charge in [-0.1, -0.05) is 0 Å². The van der Waals surface area contributed by atoms with Crippen molar-refractivity contribution in [2.24, 2.45) is 22.9 Å². The monoisotopic (exact) mass is 712 g/mol. The molecule has 25 heteroatoms. The lowest BCUT2D eigenvalue weighted by Gasteiger charge is -2.41. The van der Waals surface area contributed by atoms with Crippen molar-refractivity contribution in [3.63, 3.8) is 0 Å². The van der Waals surface area contributed by atoms with E-state index in [-0.39, 0.29) is 53.2 Å². The molecule has 21 nitrogen and oxygen atoms in total. The average Bonchev–Trinajstić information content (AvgIpc) is 2.93. The second kappa shape index (κ2) is 23.6. The molecular weight excluding hydrogens is 669 g/mol. The zero-order valence-corrected chi connectivity index (χ0v) is 27.0. The van der Waals surface area contributed by atoms with Gasteiger partial charge in [0, 0.05) is 20.2 Å². The number of methoxy groups -OCH3 is 1. The van der Waals surface area contributed by atoms with E-state index >= 15 is 0 Å². The maximum atomic E-state index is 11.0. The van der Waals surface area contributed by atoms with Gasteiger partial charge in [-0.2, -0.15) is 0 Å². The van der Waals surface area contributed by atoms with Crippen molar-refractivity contribution in [3.8, 4) is 0 Å². The number of hydrogen-bond acceptors (Lipinski definition) is 17. The van der Waals surface area contributed by atoms with Crippen molar-refractivity contribution >= 4 is 69.3 Å². The van der Waals surface area contributed by atoms with Crippen LogP contribution < -0.4 is 66.3 Å². The maximum Gasteiger partial charge on any atom is 0.178 e. The van der Waals surface area contributed by atoms with Crippen LogP contribution in [0.1, 0.15) is 0 Å². The van der Waals surface area contributed by atoms with Gasteiger partial charge in [-0.25, -0.2) is 21.7 Å². The molecule has 44 heavy (non-hydrogen) atoms. The molecule has 0 spiro atoms. The molecule has 0 rings (SSSR count). The van der Waals surface area contributed by atoms with Crippen LogP contribution in [-0.2, 0) is 18.9 Å². The summed E-state index contributed by atoms with van der Waals surface area (Å²) in [5.74, 6) is 0. The van der Waals surface area contributed by atoms with E-state index in [2.05, 4.69) is 55.6 Å². The summed E-state index contributed by atoms with van der Waals surface area (Å²) in [5.41, 5.74) is 39.8. The third kappa shape index (κ3) is 18.3. The summed E-state index contributed by atoms with van der Waals surface area (Å²) in [5, 5.41) is 52.4. The highest BCUT2D eigenvalue weighted by Gasteiger charge is 2.43. The van der Waals surface area contributed by atoms with E-state index in [1.54, 1.807) is 0 Å². The number of ether oxygens (including phenoxy) is 4. The van der Waals surface area contributed by atoms with Gasteiger partial charge in [-0.05, 0) is 48.9 Å². The summed E-state index contributed by atoms with van der Waals surface area (Å²) < 4.78 is 22.8. The zero-order valence-electron chi connectivity index (χ0n) is 23.7. The molecule has 0 aromatic rings. The Balaban J connectivity index is 6.27. The summed E-state index contributed by atoms with van der Waals surface area (Å²) in [6, 6.07) is 0. The number of rotatable bonds is 25. The standard InChI is InChI=1S/C19H44N12O9S4/c1-37-8-19(7-33,11(35)3-25-29-16(21)42)40-13(5-27-31-18(23)44)39-14(9(34)2-24-28-15(20)41)10(6-32)38-12(36)4-26-30-17(22)43/h9-14,24-27,32-36H,2-8H2,1H3,(H3,20,28,41)(H3,21,29,42)(H3,22,30,43)(H3,23,31,44). The van der Waals surface area contributed by atoms with Crippen LogP contribution in [-0.4, -0.2) is 142 Å². The smallest absolute Gasteiger partial charge is 0.178 e. The highest BCUT2D eigenvalue weighted by atomic mass is 32.1.